The third-order valence-corrected chi connectivity index (χ3v) is 3.15. The van der Waals surface area contributed by atoms with Crippen LogP contribution in [0.5, 0.6) is 0 Å². The average molecular weight is 278 g/mol. The Morgan fingerprint density at radius 1 is 1.30 bits per heavy atom. The van der Waals surface area contributed by atoms with Crippen LogP contribution in [0.15, 0.2) is 30.3 Å². The number of urea groups is 1. The second-order valence-corrected chi connectivity index (χ2v) is 5.18. The number of nitrogens with one attached hydrogen (secondary N) is 2. The van der Waals surface area contributed by atoms with Crippen LogP contribution in [0.3, 0.4) is 0 Å². The highest BCUT2D eigenvalue weighted by atomic mass is 16.5. The van der Waals surface area contributed by atoms with Gasteiger partial charge in [0.05, 0.1) is 12.7 Å². The molecule has 1 atom stereocenters. The van der Waals surface area contributed by atoms with Crippen molar-refractivity contribution < 1.29 is 14.6 Å². The molecular formula is C15H22N2O3. The minimum absolute atomic E-state index is 0.200. The lowest BCUT2D eigenvalue weighted by Gasteiger charge is -2.13. The average Bonchev–Trinajstić information content (AvgIpc) is 3.28. The van der Waals surface area contributed by atoms with E-state index in [4.69, 9.17) is 4.74 Å². The summed E-state index contributed by atoms with van der Waals surface area (Å²) >= 11 is 0. The van der Waals surface area contributed by atoms with Crippen molar-refractivity contribution >= 4 is 6.03 Å². The third kappa shape index (κ3) is 6.04. The molecule has 5 nitrogen and oxygen atoms in total. The van der Waals surface area contributed by atoms with Gasteiger partial charge in [-0.15, -0.1) is 0 Å². The molecule has 1 aliphatic rings. The fourth-order valence-electron chi connectivity index (χ4n) is 1.77. The van der Waals surface area contributed by atoms with Crippen LogP contribution in [0, 0.1) is 5.92 Å². The van der Waals surface area contributed by atoms with Crippen LogP contribution in [0.4, 0.5) is 4.79 Å². The summed E-state index contributed by atoms with van der Waals surface area (Å²) in [7, 11) is 0. The summed E-state index contributed by atoms with van der Waals surface area (Å²) < 4.78 is 5.36. The van der Waals surface area contributed by atoms with E-state index in [0.29, 0.717) is 12.5 Å². The minimum Gasteiger partial charge on any atom is -0.389 e. The van der Waals surface area contributed by atoms with E-state index in [1.54, 1.807) is 0 Å². The molecule has 2 rings (SSSR count). The van der Waals surface area contributed by atoms with Crippen LogP contribution in [0.1, 0.15) is 18.4 Å². The number of hydrogen-bond acceptors (Lipinski definition) is 3. The van der Waals surface area contributed by atoms with E-state index in [2.05, 4.69) is 10.6 Å². The van der Waals surface area contributed by atoms with E-state index in [9.17, 15) is 9.90 Å². The lowest BCUT2D eigenvalue weighted by Crippen LogP contribution is -2.40. The van der Waals surface area contributed by atoms with Gasteiger partial charge in [-0.05, 0) is 24.3 Å². The number of carbonyl (C=O) groups excluding carboxylic acids is 1. The first-order valence-electron chi connectivity index (χ1n) is 7.05. The van der Waals surface area contributed by atoms with E-state index in [1.165, 1.54) is 12.8 Å². The van der Waals surface area contributed by atoms with Crippen LogP contribution in [-0.4, -0.2) is 37.0 Å². The van der Waals surface area contributed by atoms with E-state index in [-0.39, 0.29) is 19.2 Å². The van der Waals surface area contributed by atoms with Gasteiger partial charge in [0.15, 0.2) is 0 Å². The molecule has 0 heterocycles. The second-order valence-electron chi connectivity index (χ2n) is 5.18. The zero-order chi connectivity index (χ0) is 14.2. The molecule has 2 amide bonds. The number of rotatable bonds is 8. The Morgan fingerprint density at radius 3 is 2.75 bits per heavy atom. The van der Waals surface area contributed by atoms with Crippen LogP contribution in [-0.2, 0) is 11.3 Å². The molecule has 1 aromatic rings. The number of aliphatic hydroxyl groups is 1. The summed E-state index contributed by atoms with van der Waals surface area (Å²) in [6.45, 7) is 1.67. The van der Waals surface area contributed by atoms with Gasteiger partial charge in [0.2, 0.25) is 0 Å². The molecule has 0 radical (unpaired) electrons. The van der Waals surface area contributed by atoms with Gasteiger partial charge in [-0.25, -0.2) is 4.79 Å². The molecule has 0 bridgehead atoms. The monoisotopic (exact) mass is 278 g/mol. The maximum absolute atomic E-state index is 11.5. The first-order valence-corrected chi connectivity index (χ1v) is 7.05. The standard InChI is InChI=1S/C15H22N2O3/c18-14(11-20-10-13-6-7-13)9-17-15(19)16-8-12-4-2-1-3-5-12/h1-5,13-14,18H,6-11H2,(H2,16,17,19). The Morgan fingerprint density at radius 2 is 2.05 bits per heavy atom. The van der Waals surface area contributed by atoms with Crippen molar-refractivity contribution in [3.05, 3.63) is 35.9 Å². The zero-order valence-corrected chi connectivity index (χ0v) is 11.5. The topological polar surface area (TPSA) is 70.6 Å². The highest BCUT2D eigenvalue weighted by Crippen LogP contribution is 2.28. The van der Waals surface area contributed by atoms with Crippen molar-refractivity contribution in [1.82, 2.24) is 10.6 Å². The van der Waals surface area contributed by atoms with E-state index in [1.807, 2.05) is 30.3 Å². The largest absolute Gasteiger partial charge is 0.389 e. The molecular weight excluding hydrogens is 256 g/mol. The molecule has 3 N–H and O–H groups in total. The minimum atomic E-state index is -0.656. The van der Waals surface area contributed by atoms with Gasteiger partial charge in [0, 0.05) is 19.7 Å². The van der Waals surface area contributed by atoms with Gasteiger partial charge < -0.3 is 20.5 Å². The third-order valence-electron chi connectivity index (χ3n) is 3.15. The number of hydrogen-bond donors (Lipinski definition) is 3. The zero-order valence-electron chi connectivity index (χ0n) is 11.5. The lowest BCUT2D eigenvalue weighted by molar-refractivity contribution is 0.0337. The number of amides is 2. The quantitative estimate of drug-likeness (QED) is 0.670. The summed E-state index contributed by atoms with van der Waals surface area (Å²) in [6, 6.07) is 9.39. The number of aliphatic hydroxyl groups excluding tert-OH is 1. The van der Waals surface area contributed by atoms with Crippen LogP contribution in [0.2, 0.25) is 0 Å². The summed E-state index contributed by atoms with van der Waals surface area (Å²) in [5.41, 5.74) is 1.04. The van der Waals surface area contributed by atoms with E-state index < -0.39 is 6.10 Å². The first kappa shape index (κ1) is 14.8. The molecule has 20 heavy (non-hydrogen) atoms. The van der Waals surface area contributed by atoms with Crippen LogP contribution < -0.4 is 10.6 Å². The van der Waals surface area contributed by atoms with Gasteiger partial charge in [0.1, 0.15) is 0 Å². The highest BCUT2D eigenvalue weighted by molar-refractivity contribution is 5.73. The maximum atomic E-state index is 11.5. The van der Waals surface area contributed by atoms with Gasteiger partial charge >= 0.3 is 6.03 Å². The predicted octanol–water partition coefficient (Wildman–Crippen LogP) is 1.27. The molecule has 0 saturated heterocycles. The summed E-state index contributed by atoms with van der Waals surface area (Å²) in [5, 5.41) is 15.0. The van der Waals surface area contributed by atoms with Crippen molar-refractivity contribution in [2.75, 3.05) is 19.8 Å². The van der Waals surface area contributed by atoms with Crippen molar-refractivity contribution in [1.29, 1.82) is 0 Å². The normalized spacial score (nSPS) is 15.7. The lowest BCUT2D eigenvalue weighted by atomic mass is 10.2. The molecule has 110 valence electrons. The number of carbonyl (C=O) groups is 1. The van der Waals surface area contributed by atoms with E-state index in [0.717, 1.165) is 12.2 Å². The fraction of sp³-hybridized carbons (Fsp3) is 0.533. The number of ether oxygens (including phenoxy) is 1. The van der Waals surface area contributed by atoms with Gasteiger partial charge in [-0.3, -0.25) is 0 Å². The Balaban J connectivity index is 1.52. The summed E-state index contributed by atoms with van der Waals surface area (Å²) in [6.07, 6.45) is 1.81. The summed E-state index contributed by atoms with van der Waals surface area (Å²) in [5.74, 6) is 0.685. The van der Waals surface area contributed by atoms with Gasteiger partial charge in [-0.2, -0.15) is 0 Å². The summed E-state index contributed by atoms with van der Waals surface area (Å²) in [4.78, 5) is 11.5. The van der Waals surface area contributed by atoms with Crippen molar-refractivity contribution in [2.45, 2.75) is 25.5 Å². The molecule has 1 fully saturated rings. The van der Waals surface area contributed by atoms with Crippen LogP contribution >= 0.6 is 0 Å². The van der Waals surface area contributed by atoms with Gasteiger partial charge in [0.25, 0.3) is 0 Å². The predicted molar refractivity (Wildman–Crippen MR) is 76.2 cm³/mol. The highest BCUT2D eigenvalue weighted by Gasteiger charge is 2.21. The number of benzene rings is 1. The maximum Gasteiger partial charge on any atom is 0.315 e. The smallest absolute Gasteiger partial charge is 0.315 e. The van der Waals surface area contributed by atoms with Crippen molar-refractivity contribution in [2.24, 2.45) is 5.92 Å². The van der Waals surface area contributed by atoms with Crippen LogP contribution in [0.25, 0.3) is 0 Å². The molecule has 1 aromatic carbocycles. The molecule has 1 unspecified atom stereocenters. The molecule has 1 aliphatic carbocycles. The molecule has 0 aliphatic heterocycles. The van der Waals surface area contributed by atoms with Gasteiger partial charge in [-0.1, -0.05) is 30.3 Å². The molecule has 5 heteroatoms. The Kier molecular flexibility index (Phi) is 5.83. The Bertz CT molecular complexity index is 407. The second kappa shape index (κ2) is 7.87. The molecule has 1 saturated carbocycles. The SMILES string of the molecule is O=C(NCc1ccccc1)NCC(O)COCC1CC1. The Hall–Kier alpha value is -1.59. The Labute approximate surface area is 119 Å². The van der Waals surface area contributed by atoms with E-state index >= 15 is 0 Å². The fourth-order valence-corrected chi connectivity index (χ4v) is 1.77. The van der Waals surface area contributed by atoms with Crippen molar-refractivity contribution in [3.63, 3.8) is 0 Å². The van der Waals surface area contributed by atoms with Crippen molar-refractivity contribution in [3.8, 4) is 0 Å². The first-order chi connectivity index (χ1) is 9.74. The molecule has 0 spiro atoms. The molecule has 0 aromatic heterocycles.